The molecule has 0 unspecified atom stereocenters. The van der Waals surface area contributed by atoms with Gasteiger partial charge in [0.25, 0.3) is 0 Å². The van der Waals surface area contributed by atoms with Crippen LogP contribution in [0.15, 0.2) is 58.5 Å². The number of hydrogen-bond acceptors (Lipinski definition) is 10. The van der Waals surface area contributed by atoms with Crippen LogP contribution in [-0.4, -0.2) is 43.8 Å². The fourth-order valence-corrected chi connectivity index (χ4v) is 9.88. The summed E-state index contributed by atoms with van der Waals surface area (Å²) in [4.78, 5) is 32.8. The average molecular weight is 1110 g/mol. The van der Waals surface area contributed by atoms with Crippen molar-refractivity contribution in [2.24, 2.45) is 9.98 Å². The van der Waals surface area contributed by atoms with Crippen molar-refractivity contribution in [3.05, 3.63) is 104 Å². The standard InChI is InChI=1S/C40H64N2.2C13H18O4.Ni/c1-7-13-15-17-19-21-25-39(41-37-29-27-33(11-5)34(12-6)31-37)40(26-22-20-18-16-14-8-2)42-38-30-28-35(23-9-3)36(32-38)24-10-4;2*1-3-4-5-6-9-8(2)7-10(14)12(15)11(9)13(16)17;/h27-32H,7-26H2,1-6H3;2*7,14-15H,3-6H2,1-2H3,(H,16,17);/q;;;+2/p-2. The van der Waals surface area contributed by atoms with Gasteiger partial charge in [-0.3, -0.25) is 9.98 Å². The normalized spacial score (nSPS) is 11.4. The molecule has 430 valence electrons. The van der Waals surface area contributed by atoms with Crippen LogP contribution in [0.25, 0.3) is 0 Å². The van der Waals surface area contributed by atoms with E-state index in [1.165, 1.54) is 136 Å². The van der Waals surface area contributed by atoms with Crippen LogP contribution in [0.4, 0.5) is 11.4 Å². The molecule has 0 spiro atoms. The molecule has 77 heavy (non-hydrogen) atoms. The van der Waals surface area contributed by atoms with E-state index in [0.29, 0.717) is 35.1 Å². The first-order valence-electron chi connectivity index (χ1n) is 29.5. The van der Waals surface area contributed by atoms with Crippen molar-refractivity contribution in [2.75, 3.05) is 0 Å². The zero-order valence-corrected chi connectivity index (χ0v) is 50.0. The van der Waals surface area contributed by atoms with E-state index in [4.69, 9.17) is 9.98 Å². The van der Waals surface area contributed by atoms with Gasteiger partial charge in [-0.1, -0.05) is 170 Å². The molecule has 0 fully saturated rings. The molecule has 0 atom stereocenters. The van der Waals surface area contributed by atoms with Gasteiger partial charge < -0.3 is 40.2 Å². The smallest absolute Gasteiger partial charge is 0.545 e. The molecule has 0 bridgehead atoms. The number of hydrogen-bond donors (Lipinski definition) is 4. The number of carbonyl (C=O) groups excluding carboxylic acids is 2. The molecule has 10 nitrogen and oxygen atoms in total. The Bertz CT molecular complexity index is 2340. The van der Waals surface area contributed by atoms with E-state index < -0.39 is 34.9 Å². The van der Waals surface area contributed by atoms with Crippen molar-refractivity contribution >= 4 is 34.7 Å². The second-order valence-corrected chi connectivity index (χ2v) is 20.6. The SMILES string of the molecule is CCCCCCCCC(=Nc1ccc(CC)c(CC)c1)C(CCCCCCCC)=Nc1ccc(CCC)c(CCC)c1.CCCCCc1c(C)cc(O)c(O)c1C(=O)[O-].CCCCCc1c(C)cc(O)c(O)c1C(=O)[O-].[Ni+2]. The van der Waals surface area contributed by atoms with Gasteiger partial charge in [0.2, 0.25) is 0 Å². The zero-order valence-electron chi connectivity index (χ0n) is 49.1. The summed E-state index contributed by atoms with van der Waals surface area (Å²) in [5, 5.41) is 59.9. The molecule has 0 heterocycles. The van der Waals surface area contributed by atoms with Crippen LogP contribution < -0.4 is 10.2 Å². The maximum absolute atomic E-state index is 11.0. The molecular weight excluding hydrogens is 1010 g/mol. The van der Waals surface area contributed by atoms with Gasteiger partial charge in [-0.25, -0.2) is 0 Å². The maximum Gasteiger partial charge on any atom is 2.00 e. The Kier molecular flexibility index (Phi) is 36.4. The molecule has 0 saturated carbocycles. The van der Waals surface area contributed by atoms with Gasteiger partial charge >= 0.3 is 16.5 Å². The van der Waals surface area contributed by atoms with E-state index >= 15 is 0 Å². The molecular formula is C66H98N2NiO8. The average Bonchev–Trinajstić information content (AvgIpc) is 3.39. The Morgan fingerprint density at radius 3 is 1.14 bits per heavy atom. The van der Waals surface area contributed by atoms with Crippen LogP contribution in [0.3, 0.4) is 0 Å². The van der Waals surface area contributed by atoms with Crippen LogP contribution in [-0.2, 0) is 55.0 Å². The van der Waals surface area contributed by atoms with Crippen LogP contribution in [0, 0.1) is 13.8 Å². The molecule has 4 aromatic carbocycles. The molecule has 0 amide bonds. The quantitative estimate of drug-likeness (QED) is 0.0157. The maximum atomic E-state index is 11.0. The summed E-state index contributed by atoms with van der Waals surface area (Å²) < 4.78 is 0. The molecule has 11 heteroatoms. The third-order valence-electron chi connectivity index (χ3n) is 14.3. The van der Waals surface area contributed by atoms with Crippen LogP contribution in [0.5, 0.6) is 23.0 Å². The van der Waals surface area contributed by atoms with Gasteiger partial charge in [0, 0.05) is 11.1 Å². The number of carboxylic acid groups (broad SMARTS) is 2. The number of phenols is 4. The van der Waals surface area contributed by atoms with E-state index in [1.807, 2.05) is 0 Å². The predicted octanol–water partition coefficient (Wildman–Crippen LogP) is 16.1. The molecule has 0 aliphatic heterocycles. The van der Waals surface area contributed by atoms with Gasteiger partial charge in [-0.05, 0) is 172 Å². The van der Waals surface area contributed by atoms with E-state index in [-0.39, 0.29) is 27.6 Å². The second-order valence-electron chi connectivity index (χ2n) is 20.6. The summed E-state index contributed by atoms with van der Waals surface area (Å²) in [5.74, 6) is -4.92. The monoisotopic (exact) mass is 1100 g/mol. The summed E-state index contributed by atoms with van der Waals surface area (Å²) >= 11 is 0. The van der Waals surface area contributed by atoms with Gasteiger partial charge in [-0.15, -0.1) is 0 Å². The number of rotatable bonds is 33. The number of carbonyl (C=O) groups is 2. The van der Waals surface area contributed by atoms with E-state index in [2.05, 4.69) is 91.8 Å². The Morgan fingerprint density at radius 2 is 0.766 bits per heavy atom. The third-order valence-corrected chi connectivity index (χ3v) is 14.3. The number of unbranched alkanes of at least 4 members (excludes halogenated alkanes) is 14. The summed E-state index contributed by atoms with van der Waals surface area (Å²) in [6.45, 7) is 21.2. The topological polar surface area (TPSA) is 186 Å². The Labute approximate surface area is 475 Å². The Hall–Kier alpha value is -5.15. The van der Waals surface area contributed by atoms with E-state index in [9.17, 15) is 40.2 Å². The van der Waals surface area contributed by atoms with Crippen molar-refractivity contribution in [1.29, 1.82) is 0 Å². The summed E-state index contributed by atoms with van der Waals surface area (Å²) in [5.41, 5.74) is 12.4. The summed E-state index contributed by atoms with van der Waals surface area (Å²) in [6.07, 6.45) is 31.3. The first kappa shape index (κ1) is 69.9. The number of aliphatic imine (C=N–C) groups is 2. The van der Waals surface area contributed by atoms with E-state index in [0.717, 1.165) is 88.4 Å². The Morgan fingerprint density at radius 1 is 0.416 bits per heavy atom. The molecule has 4 rings (SSSR count). The number of phenolic OH excluding ortho intramolecular Hbond substituents is 2. The molecule has 4 N–H and O–H groups in total. The van der Waals surface area contributed by atoms with Gasteiger partial charge in [0.15, 0.2) is 23.0 Å². The second kappa shape index (κ2) is 40.1. The molecule has 0 aromatic heterocycles. The number of carboxylic acids is 2. The number of aromatic carboxylic acids is 2. The van der Waals surface area contributed by atoms with Gasteiger partial charge in [0.05, 0.1) is 34.7 Å². The van der Waals surface area contributed by atoms with Crippen molar-refractivity contribution in [3.63, 3.8) is 0 Å². The van der Waals surface area contributed by atoms with Crippen molar-refractivity contribution in [3.8, 4) is 23.0 Å². The minimum atomic E-state index is -1.45. The van der Waals surface area contributed by atoms with E-state index in [1.54, 1.807) is 13.8 Å². The van der Waals surface area contributed by atoms with Gasteiger partial charge in [0.1, 0.15) is 0 Å². The van der Waals surface area contributed by atoms with Gasteiger partial charge in [-0.2, -0.15) is 0 Å². The zero-order chi connectivity index (χ0) is 56.4. The molecule has 0 saturated heterocycles. The fraction of sp³-hybridized carbons (Fsp3) is 0.576. The number of benzene rings is 4. The summed E-state index contributed by atoms with van der Waals surface area (Å²) in [7, 11) is 0. The van der Waals surface area contributed by atoms with Crippen molar-refractivity contribution in [2.45, 2.75) is 249 Å². The number of aromatic hydroxyl groups is 4. The van der Waals surface area contributed by atoms with Crippen LogP contribution >= 0.6 is 0 Å². The first-order chi connectivity index (χ1) is 36.6. The van der Waals surface area contributed by atoms with Crippen LogP contribution in [0.2, 0.25) is 0 Å². The number of aryl methyl sites for hydroxylation is 6. The molecule has 0 aliphatic rings. The van der Waals surface area contributed by atoms with Crippen molar-refractivity contribution < 1.29 is 56.7 Å². The molecule has 0 aliphatic carbocycles. The Balaban J connectivity index is 0.000000691. The molecule has 4 aromatic rings. The minimum Gasteiger partial charge on any atom is -0.545 e. The fourth-order valence-electron chi connectivity index (χ4n) is 9.88. The van der Waals surface area contributed by atoms with Crippen LogP contribution in [0.1, 0.15) is 262 Å². The first-order valence-corrected chi connectivity index (χ1v) is 29.5. The largest absolute Gasteiger partial charge is 2.00 e. The number of nitrogens with zero attached hydrogens (tertiary/aromatic N) is 2. The van der Waals surface area contributed by atoms with Crippen molar-refractivity contribution in [1.82, 2.24) is 0 Å². The predicted molar refractivity (Wildman–Crippen MR) is 314 cm³/mol. The third kappa shape index (κ3) is 24.6. The minimum absolute atomic E-state index is 0. The molecule has 0 radical (unpaired) electrons. The summed E-state index contributed by atoms with van der Waals surface area (Å²) in [6, 6.07) is 16.6.